The largest absolute Gasteiger partial charge is 0.356 e. The van der Waals surface area contributed by atoms with Crippen molar-refractivity contribution in [2.24, 2.45) is 0 Å². The minimum absolute atomic E-state index is 0.339. The lowest BCUT2D eigenvalue weighted by Crippen LogP contribution is -1.92. The van der Waals surface area contributed by atoms with E-state index in [4.69, 9.17) is 0 Å². The van der Waals surface area contributed by atoms with Crippen LogP contribution in [0.5, 0.6) is 0 Å². The predicted octanol–water partition coefficient (Wildman–Crippen LogP) is 2.14. The standard InChI is InChI=1S/CH5O2P3S5/c2-5(8,9)1(4-7)6(3,10)11/h1H,(H2,2,8,9)(H2,3,10,11). The van der Waals surface area contributed by atoms with Gasteiger partial charge in [0.25, 0.3) is 0 Å². The topological polar surface area (TPSA) is 40.5 Å². The Morgan fingerprint density at radius 1 is 1.18 bits per heavy atom. The second kappa shape index (κ2) is 4.79. The van der Waals surface area contributed by atoms with Gasteiger partial charge in [-0.15, -0.1) is 24.5 Å². The summed E-state index contributed by atoms with van der Waals surface area (Å²) in [6.07, 6.45) is 0. The first-order valence-electron chi connectivity index (χ1n) is 2.12. The lowest BCUT2D eigenvalue weighted by Gasteiger charge is -2.21. The molecule has 0 aliphatic heterocycles. The zero-order valence-corrected chi connectivity index (χ0v) is 11.9. The fourth-order valence-corrected chi connectivity index (χ4v) is 17.1. The van der Waals surface area contributed by atoms with Crippen LogP contribution in [0.15, 0.2) is 0 Å². The highest BCUT2D eigenvalue weighted by molar-refractivity contribution is 8.71. The number of rotatable bonds is 3. The highest BCUT2D eigenvalue weighted by Gasteiger charge is 2.31. The Kier molecular flexibility index (Phi) is 5.85. The Bertz CT molecular complexity index is 216. The first-order valence-corrected chi connectivity index (χ1v) is 12.1. The monoisotopic (exact) mass is 302 g/mol. The van der Waals surface area contributed by atoms with E-state index in [1.54, 1.807) is 0 Å². The van der Waals surface area contributed by atoms with Crippen molar-refractivity contribution in [2.45, 2.75) is 5.14 Å². The van der Waals surface area contributed by atoms with Gasteiger partial charge in [-0.1, -0.05) is 35.4 Å². The normalized spacial score (nSPS) is 25.5. The molecule has 2 nitrogen and oxygen atoms in total. The molecule has 0 bridgehead atoms. The lowest BCUT2D eigenvalue weighted by molar-refractivity contribution is 0.627. The first-order chi connectivity index (χ1) is 4.69. The maximum absolute atomic E-state index is 9.28. The summed E-state index contributed by atoms with van der Waals surface area (Å²) in [5, 5.41) is -0.707. The van der Waals surface area contributed by atoms with Crippen molar-refractivity contribution in [3.8, 4) is 0 Å². The molecule has 0 aliphatic rings. The van der Waals surface area contributed by atoms with Crippen molar-refractivity contribution in [3.05, 3.63) is 0 Å². The molecule has 0 saturated heterocycles. The molecule has 2 atom stereocenters. The second-order valence-electron chi connectivity index (χ2n) is 1.63. The van der Waals surface area contributed by atoms with Crippen LogP contribution in [-0.2, 0) is 35.4 Å². The summed E-state index contributed by atoms with van der Waals surface area (Å²) in [6, 6.07) is 0. The van der Waals surface area contributed by atoms with Gasteiger partial charge in [0.05, 0.1) is 0 Å². The third-order valence-electron chi connectivity index (χ3n) is 0.696. The minimum Gasteiger partial charge on any atom is -0.356 e. The van der Waals surface area contributed by atoms with Crippen LogP contribution in [0.1, 0.15) is 0 Å². The van der Waals surface area contributed by atoms with E-state index in [-0.39, 0.29) is 0 Å². The molecular formula is CH5O2P3S5. The SMILES string of the molecule is OP(=S)(S)C(P=S)P(O)(=S)S. The molecule has 2 unspecified atom stereocenters. The van der Waals surface area contributed by atoms with Gasteiger partial charge in [0.15, 0.2) is 0 Å². The van der Waals surface area contributed by atoms with E-state index < -0.39 is 16.1 Å². The summed E-state index contributed by atoms with van der Waals surface area (Å²) in [7, 11) is 0.339. The zero-order valence-electron chi connectivity index (χ0n) is 4.93. The Hall–Kier alpha value is 2.44. The average molecular weight is 302 g/mol. The molecule has 0 fully saturated rings. The van der Waals surface area contributed by atoms with Crippen molar-refractivity contribution < 1.29 is 9.79 Å². The molecule has 0 aromatic carbocycles. The third-order valence-corrected chi connectivity index (χ3v) is 15.1. The lowest BCUT2D eigenvalue weighted by atomic mass is 11.9. The summed E-state index contributed by atoms with van der Waals surface area (Å²) >= 11 is 21.5. The van der Waals surface area contributed by atoms with Crippen LogP contribution >= 0.6 is 42.8 Å². The second-order valence-corrected chi connectivity index (χ2v) is 16.2. The highest BCUT2D eigenvalue weighted by Crippen LogP contribution is 2.72. The summed E-state index contributed by atoms with van der Waals surface area (Å²) in [5.74, 6) is 0. The van der Waals surface area contributed by atoms with E-state index in [0.717, 1.165) is 0 Å². The van der Waals surface area contributed by atoms with Gasteiger partial charge in [-0.05, 0) is 7.36 Å². The maximum atomic E-state index is 9.28. The molecule has 0 aromatic rings. The van der Waals surface area contributed by atoms with Crippen molar-refractivity contribution in [3.63, 3.8) is 0 Å². The summed E-state index contributed by atoms with van der Waals surface area (Å²) < 4.78 is 0. The zero-order chi connectivity index (χ0) is 9.28. The number of hydrogen-bond acceptors (Lipinski definition) is 3. The molecule has 0 aliphatic carbocycles. The van der Waals surface area contributed by atoms with E-state index in [1.807, 2.05) is 0 Å². The Morgan fingerprint density at radius 2 is 1.45 bits per heavy atom. The van der Waals surface area contributed by atoms with Gasteiger partial charge in [0.2, 0.25) is 0 Å². The van der Waals surface area contributed by atoms with Gasteiger partial charge >= 0.3 is 0 Å². The molecule has 11 heavy (non-hydrogen) atoms. The molecule has 0 spiro atoms. The highest BCUT2D eigenvalue weighted by atomic mass is 32.9. The van der Waals surface area contributed by atoms with Gasteiger partial charge in [0, 0.05) is 0 Å². The van der Waals surface area contributed by atoms with E-state index in [1.165, 1.54) is 0 Å². The summed E-state index contributed by atoms with van der Waals surface area (Å²) in [5.41, 5.74) is -5.73. The van der Waals surface area contributed by atoms with Crippen molar-refractivity contribution >= 4 is 78.2 Å². The van der Waals surface area contributed by atoms with Gasteiger partial charge in [-0.2, -0.15) is 0 Å². The van der Waals surface area contributed by atoms with Crippen LogP contribution in [-0.4, -0.2) is 14.9 Å². The van der Waals surface area contributed by atoms with Crippen molar-refractivity contribution in [2.75, 3.05) is 0 Å². The predicted molar refractivity (Wildman–Crippen MR) is 69.1 cm³/mol. The molecule has 0 aromatic heterocycles. The van der Waals surface area contributed by atoms with Gasteiger partial charge < -0.3 is 9.79 Å². The third kappa shape index (κ3) is 5.02. The van der Waals surface area contributed by atoms with Crippen LogP contribution < -0.4 is 0 Å². The molecular weight excluding hydrogens is 297 g/mol. The summed E-state index contributed by atoms with van der Waals surface area (Å²) in [6.45, 7) is 0. The summed E-state index contributed by atoms with van der Waals surface area (Å²) in [4.78, 5) is 18.6. The van der Waals surface area contributed by atoms with Crippen molar-refractivity contribution in [1.29, 1.82) is 0 Å². The van der Waals surface area contributed by atoms with Crippen LogP contribution in [0.25, 0.3) is 0 Å². The molecule has 10 heteroatoms. The minimum atomic E-state index is -2.87. The van der Waals surface area contributed by atoms with Crippen LogP contribution in [0.2, 0.25) is 0 Å². The number of hydrogen-bond donors (Lipinski definition) is 4. The van der Waals surface area contributed by atoms with Crippen LogP contribution in [0, 0.1) is 0 Å². The van der Waals surface area contributed by atoms with Gasteiger partial charge in [0.1, 0.15) is 16.1 Å². The molecule has 2 N–H and O–H groups in total. The van der Waals surface area contributed by atoms with E-state index in [0.29, 0.717) is 7.36 Å². The van der Waals surface area contributed by atoms with E-state index in [2.05, 4.69) is 59.9 Å². The Labute approximate surface area is 92.5 Å². The average Bonchev–Trinajstić information content (AvgIpc) is 1.56. The maximum Gasteiger partial charge on any atom is 0.133 e. The fraction of sp³-hybridized carbons (Fsp3) is 1.00. The first kappa shape index (κ1) is 13.4. The van der Waals surface area contributed by atoms with Gasteiger partial charge in [-0.3, -0.25) is 0 Å². The van der Waals surface area contributed by atoms with E-state index in [9.17, 15) is 9.79 Å². The Morgan fingerprint density at radius 3 is 1.45 bits per heavy atom. The van der Waals surface area contributed by atoms with Crippen LogP contribution in [0.4, 0.5) is 0 Å². The molecule has 0 heterocycles. The van der Waals surface area contributed by atoms with Crippen molar-refractivity contribution in [1.82, 2.24) is 0 Å². The molecule has 0 radical (unpaired) electrons. The quantitative estimate of drug-likeness (QED) is 0.475. The Balaban J connectivity index is 4.87. The van der Waals surface area contributed by atoms with Gasteiger partial charge in [-0.25, -0.2) is 0 Å². The fourth-order valence-electron chi connectivity index (χ4n) is 0.319. The molecule has 66 valence electrons. The molecule has 0 rings (SSSR count). The van der Waals surface area contributed by atoms with Crippen LogP contribution in [0.3, 0.4) is 0 Å². The molecule has 0 saturated carbocycles. The number of thiol groups is 2. The smallest absolute Gasteiger partial charge is 0.133 e. The van der Waals surface area contributed by atoms with E-state index >= 15 is 0 Å². The molecule has 0 amide bonds.